The van der Waals surface area contributed by atoms with E-state index < -0.39 is 5.60 Å². The third-order valence-corrected chi connectivity index (χ3v) is 4.94. The third-order valence-electron chi connectivity index (χ3n) is 4.94. The number of benzene rings is 1. The van der Waals surface area contributed by atoms with E-state index in [1.165, 1.54) is 19.3 Å². The Labute approximate surface area is 103 Å². The summed E-state index contributed by atoms with van der Waals surface area (Å²) in [4.78, 5) is 1.62. The first-order chi connectivity index (χ1) is 8.22. The largest absolute Gasteiger partial charge is 0.384 e. The van der Waals surface area contributed by atoms with E-state index in [9.17, 15) is 5.11 Å². The number of quaternary nitrogens is 1. The molecule has 1 saturated carbocycles. The number of aliphatic hydroxyl groups is 1. The first-order valence-electron chi connectivity index (χ1n) is 6.82. The van der Waals surface area contributed by atoms with Crippen LogP contribution in [0.1, 0.15) is 31.2 Å². The van der Waals surface area contributed by atoms with E-state index in [0.717, 1.165) is 18.5 Å². The summed E-state index contributed by atoms with van der Waals surface area (Å²) in [6.07, 6.45) is 4.66. The van der Waals surface area contributed by atoms with Gasteiger partial charge in [0.25, 0.3) is 0 Å². The molecule has 2 fully saturated rings. The fraction of sp³-hybridized carbons (Fsp3) is 0.600. The number of rotatable bonds is 1. The Balaban J connectivity index is 1.97. The van der Waals surface area contributed by atoms with Crippen LogP contribution < -0.4 is 4.90 Å². The van der Waals surface area contributed by atoms with Crippen molar-refractivity contribution in [2.24, 2.45) is 5.92 Å². The molecule has 2 N–H and O–H groups in total. The second-order valence-electron chi connectivity index (χ2n) is 5.78. The second kappa shape index (κ2) is 4.11. The number of hydrogen-bond acceptors (Lipinski definition) is 1. The minimum Gasteiger partial charge on any atom is -0.384 e. The van der Waals surface area contributed by atoms with Gasteiger partial charge in [-0.15, -0.1) is 0 Å². The molecule has 1 unspecified atom stereocenters. The van der Waals surface area contributed by atoms with E-state index in [4.69, 9.17) is 0 Å². The zero-order valence-electron chi connectivity index (χ0n) is 10.5. The summed E-state index contributed by atoms with van der Waals surface area (Å²) in [7, 11) is 2.29. The molecule has 0 radical (unpaired) electrons. The van der Waals surface area contributed by atoms with Crippen LogP contribution in [0.25, 0.3) is 0 Å². The lowest BCUT2D eigenvalue weighted by Crippen LogP contribution is -3.15. The van der Waals surface area contributed by atoms with Gasteiger partial charge in [0.1, 0.15) is 5.60 Å². The van der Waals surface area contributed by atoms with E-state index >= 15 is 0 Å². The fourth-order valence-electron chi connectivity index (χ4n) is 3.97. The van der Waals surface area contributed by atoms with Crippen molar-refractivity contribution < 1.29 is 10.0 Å². The van der Waals surface area contributed by atoms with Crippen LogP contribution in [-0.4, -0.2) is 24.7 Å². The molecule has 2 aliphatic rings. The first-order valence-corrected chi connectivity index (χ1v) is 6.82. The zero-order valence-corrected chi connectivity index (χ0v) is 10.5. The third kappa shape index (κ3) is 1.71. The predicted molar refractivity (Wildman–Crippen MR) is 67.8 cm³/mol. The van der Waals surface area contributed by atoms with Crippen LogP contribution >= 0.6 is 0 Å². The Hall–Kier alpha value is -0.860. The van der Waals surface area contributed by atoms with Gasteiger partial charge in [-0.2, -0.15) is 0 Å². The van der Waals surface area contributed by atoms with E-state index in [-0.39, 0.29) is 0 Å². The van der Waals surface area contributed by atoms with Crippen molar-refractivity contribution in [2.75, 3.05) is 13.6 Å². The van der Waals surface area contributed by atoms with Crippen molar-refractivity contribution in [1.82, 2.24) is 0 Å². The van der Waals surface area contributed by atoms with Gasteiger partial charge >= 0.3 is 0 Å². The van der Waals surface area contributed by atoms with Crippen LogP contribution in [0.3, 0.4) is 0 Å². The lowest BCUT2D eigenvalue weighted by Gasteiger charge is -2.44. The quantitative estimate of drug-likeness (QED) is 0.741. The Morgan fingerprint density at radius 1 is 1.24 bits per heavy atom. The van der Waals surface area contributed by atoms with Crippen molar-refractivity contribution in [1.29, 1.82) is 0 Å². The molecule has 1 aliphatic carbocycles. The molecule has 17 heavy (non-hydrogen) atoms. The maximum absolute atomic E-state index is 11.1. The summed E-state index contributed by atoms with van der Waals surface area (Å²) < 4.78 is 0. The molecule has 2 nitrogen and oxygen atoms in total. The molecule has 2 heteroatoms. The average molecular weight is 232 g/mol. The van der Waals surface area contributed by atoms with Crippen molar-refractivity contribution in [3.8, 4) is 0 Å². The Bertz CT molecular complexity index is 391. The Morgan fingerprint density at radius 2 is 2.00 bits per heavy atom. The zero-order chi connectivity index (χ0) is 11.9. The lowest BCUT2D eigenvalue weighted by atomic mass is 9.73. The summed E-state index contributed by atoms with van der Waals surface area (Å²) in [5.74, 6) is 0.457. The molecular formula is C15H22NO+. The minimum atomic E-state index is -0.568. The van der Waals surface area contributed by atoms with Crippen LogP contribution in [0.2, 0.25) is 0 Å². The molecule has 3 rings (SSSR count). The van der Waals surface area contributed by atoms with E-state index in [1.54, 1.807) is 4.90 Å². The van der Waals surface area contributed by atoms with E-state index in [1.807, 2.05) is 18.2 Å². The van der Waals surface area contributed by atoms with Gasteiger partial charge in [-0.1, -0.05) is 30.3 Å². The summed E-state index contributed by atoms with van der Waals surface area (Å²) in [6, 6.07) is 11.0. The first kappa shape index (κ1) is 11.2. The molecule has 1 aromatic rings. The van der Waals surface area contributed by atoms with Crippen LogP contribution in [0.15, 0.2) is 30.3 Å². The maximum atomic E-state index is 11.1. The number of hydrogen-bond donors (Lipinski definition) is 2. The Kier molecular flexibility index (Phi) is 2.72. The monoisotopic (exact) mass is 232 g/mol. The van der Waals surface area contributed by atoms with E-state index in [2.05, 4.69) is 19.2 Å². The topological polar surface area (TPSA) is 24.7 Å². The highest BCUT2D eigenvalue weighted by Crippen LogP contribution is 2.43. The highest BCUT2D eigenvalue weighted by Gasteiger charge is 2.51. The standard InChI is InChI=1S/C15H21NO/c1-16-11-10-15(17,12-6-3-2-4-7-12)13-8-5-9-14(13)16/h2-4,6-7,13-14,17H,5,8-11H2,1H3/p+1/t13-,14-,15+/m0/s1. The molecule has 0 bridgehead atoms. The normalized spacial score (nSPS) is 41.2. The highest BCUT2D eigenvalue weighted by atomic mass is 16.3. The van der Waals surface area contributed by atoms with E-state index in [0.29, 0.717) is 12.0 Å². The van der Waals surface area contributed by atoms with Crippen LogP contribution in [0, 0.1) is 5.92 Å². The average Bonchev–Trinajstić information content (AvgIpc) is 2.86. The molecule has 4 atom stereocenters. The van der Waals surface area contributed by atoms with Crippen LogP contribution in [0.5, 0.6) is 0 Å². The molecule has 0 amide bonds. The molecule has 0 spiro atoms. The number of nitrogens with one attached hydrogen (secondary N) is 1. The van der Waals surface area contributed by atoms with Crippen molar-refractivity contribution >= 4 is 0 Å². The summed E-state index contributed by atoms with van der Waals surface area (Å²) in [5, 5.41) is 11.1. The molecule has 1 heterocycles. The molecule has 0 aromatic heterocycles. The number of fused-ring (bicyclic) bond motifs is 1. The van der Waals surface area contributed by atoms with Gasteiger partial charge in [-0.25, -0.2) is 0 Å². The molecular weight excluding hydrogens is 210 g/mol. The predicted octanol–water partition coefficient (Wildman–Crippen LogP) is 0.961. The van der Waals surface area contributed by atoms with Gasteiger partial charge in [0, 0.05) is 12.3 Å². The maximum Gasteiger partial charge on any atom is 0.103 e. The van der Waals surface area contributed by atoms with Crippen LogP contribution in [0.4, 0.5) is 0 Å². The Morgan fingerprint density at radius 3 is 2.76 bits per heavy atom. The summed E-state index contributed by atoms with van der Waals surface area (Å²) in [5.41, 5.74) is 0.562. The van der Waals surface area contributed by atoms with Gasteiger partial charge in [0.2, 0.25) is 0 Å². The minimum absolute atomic E-state index is 0.457. The van der Waals surface area contributed by atoms with Gasteiger partial charge in [0.05, 0.1) is 19.6 Å². The van der Waals surface area contributed by atoms with Gasteiger partial charge in [-0.05, 0) is 24.8 Å². The van der Waals surface area contributed by atoms with Crippen LogP contribution in [-0.2, 0) is 5.60 Å². The van der Waals surface area contributed by atoms with Crippen molar-refractivity contribution in [3.63, 3.8) is 0 Å². The SMILES string of the molecule is C[NH+]1CC[C@@](O)(c2ccccc2)[C@H]2CCC[C@@H]21. The molecule has 1 aromatic carbocycles. The molecule has 1 aliphatic heterocycles. The van der Waals surface area contributed by atoms with Gasteiger partial charge < -0.3 is 10.0 Å². The fourth-order valence-corrected chi connectivity index (χ4v) is 3.97. The lowest BCUT2D eigenvalue weighted by molar-refractivity contribution is -0.918. The number of piperidine rings is 1. The summed E-state index contributed by atoms with van der Waals surface area (Å²) in [6.45, 7) is 1.09. The highest BCUT2D eigenvalue weighted by molar-refractivity contribution is 5.24. The number of likely N-dealkylation sites (tertiary alicyclic amines) is 1. The molecule has 1 saturated heterocycles. The van der Waals surface area contributed by atoms with Gasteiger partial charge in [0.15, 0.2) is 0 Å². The van der Waals surface area contributed by atoms with Gasteiger partial charge in [-0.3, -0.25) is 0 Å². The smallest absolute Gasteiger partial charge is 0.103 e. The molecule has 92 valence electrons. The second-order valence-corrected chi connectivity index (χ2v) is 5.78. The van der Waals surface area contributed by atoms with Crippen molar-refractivity contribution in [3.05, 3.63) is 35.9 Å². The van der Waals surface area contributed by atoms with Crippen molar-refractivity contribution in [2.45, 2.75) is 37.3 Å². The summed E-state index contributed by atoms with van der Waals surface area (Å²) >= 11 is 0.